The van der Waals surface area contributed by atoms with Gasteiger partial charge in [-0.25, -0.2) is 4.79 Å². The van der Waals surface area contributed by atoms with Crippen LogP contribution in [-0.2, 0) is 23.8 Å². The molecule has 0 aliphatic carbocycles. The molecule has 6 nitrogen and oxygen atoms in total. The van der Waals surface area contributed by atoms with Crippen LogP contribution in [0.3, 0.4) is 0 Å². The molecule has 0 aliphatic heterocycles. The summed E-state index contributed by atoms with van der Waals surface area (Å²) in [7, 11) is 0. The lowest BCUT2D eigenvalue weighted by atomic mass is 10.3. The predicted octanol–water partition coefficient (Wildman–Crippen LogP) is 0.660. The van der Waals surface area contributed by atoms with E-state index in [4.69, 9.17) is 19.3 Å². The molecular weight excluding hydrogens is 240 g/mol. The second-order valence-corrected chi connectivity index (χ2v) is 3.63. The summed E-state index contributed by atoms with van der Waals surface area (Å²) in [5, 5.41) is 8.52. The average molecular weight is 262 g/mol. The van der Waals surface area contributed by atoms with Crippen molar-refractivity contribution in [2.45, 2.75) is 39.2 Å². The van der Waals surface area contributed by atoms with E-state index in [0.717, 1.165) is 6.42 Å². The van der Waals surface area contributed by atoms with Gasteiger partial charge in [0.1, 0.15) is 13.2 Å². The molecule has 0 heterocycles. The fourth-order valence-corrected chi connectivity index (χ4v) is 1.21. The molecule has 1 N–H and O–H groups in total. The van der Waals surface area contributed by atoms with E-state index in [1.54, 1.807) is 6.92 Å². The van der Waals surface area contributed by atoms with Crippen molar-refractivity contribution >= 4 is 11.9 Å². The fourth-order valence-electron chi connectivity index (χ4n) is 1.21. The molecule has 0 rings (SSSR count). The number of ether oxygens (including phenoxy) is 3. The monoisotopic (exact) mass is 262 g/mol. The van der Waals surface area contributed by atoms with E-state index in [-0.39, 0.29) is 32.4 Å². The highest BCUT2D eigenvalue weighted by Crippen LogP contribution is 2.01. The largest absolute Gasteiger partial charge is 0.463 e. The molecule has 18 heavy (non-hydrogen) atoms. The van der Waals surface area contributed by atoms with Gasteiger partial charge < -0.3 is 19.3 Å². The molecule has 0 aliphatic rings. The third-order valence-electron chi connectivity index (χ3n) is 2.09. The maximum absolute atomic E-state index is 11.4. The summed E-state index contributed by atoms with van der Waals surface area (Å²) in [4.78, 5) is 22.4. The molecule has 106 valence electrons. The Morgan fingerprint density at radius 1 is 1.11 bits per heavy atom. The maximum atomic E-state index is 11.4. The standard InChI is InChI=1S/C12H22O6/c1-3-5-11(14)17-9-8-16-10(4-2)12(15)18-7-6-13/h10,13H,3-9H2,1-2H3. The van der Waals surface area contributed by atoms with E-state index in [0.29, 0.717) is 12.8 Å². The summed E-state index contributed by atoms with van der Waals surface area (Å²) in [6, 6.07) is 0. The molecule has 0 aromatic rings. The van der Waals surface area contributed by atoms with Crippen molar-refractivity contribution in [1.29, 1.82) is 0 Å². The number of rotatable bonds is 10. The van der Waals surface area contributed by atoms with Crippen LogP contribution >= 0.6 is 0 Å². The number of aliphatic hydroxyl groups excluding tert-OH is 1. The zero-order valence-corrected chi connectivity index (χ0v) is 11.0. The number of hydrogen-bond donors (Lipinski definition) is 1. The van der Waals surface area contributed by atoms with Gasteiger partial charge >= 0.3 is 11.9 Å². The molecule has 0 spiro atoms. The van der Waals surface area contributed by atoms with Crippen LogP contribution in [0, 0.1) is 0 Å². The Balaban J connectivity index is 3.73. The van der Waals surface area contributed by atoms with Crippen molar-refractivity contribution < 1.29 is 28.9 Å². The number of esters is 2. The third-order valence-corrected chi connectivity index (χ3v) is 2.09. The van der Waals surface area contributed by atoms with Gasteiger partial charge in [0.15, 0.2) is 6.10 Å². The first-order valence-electron chi connectivity index (χ1n) is 6.20. The van der Waals surface area contributed by atoms with Gasteiger partial charge in [0.05, 0.1) is 13.2 Å². The first-order chi connectivity index (χ1) is 8.65. The molecule has 1 atom stereocenters. The lowest BCUT2D eigenvalue weighted by Gasteiger charge is -2.14. The Kier molecular flexibility index (Phi) is 10.3. The van der Waals surface area contributed by atoms with Gasteiger partial charge in [-0.2, -0.15) is 0 Å². The van der Waals surface area contributed by atoms with E-state index in [9.17, 15) is 9.59 Å². The van der Waals surface area contributed by atoms with Crippen molar-refractivity contribution in [3.8, 4) is 0 Å². The molecule has 0 aromatic heterocycles. The molecule has 1 unspecified atom stereocenters. The summed E-state index contributed by atoms with van der Waals surface area (Å²) >= 11 is 0. The molecule has 0 saturated heterocycles. The number of aliphatic hydroxyl groups is 1. The van der Waals surface area contributed by atoms with E-state index in [2.05, 4.69) is 0 Å². The van der Waals surface area contributed by atoms with E-state index >= 15 is 0 Å². The Morgan fingerprint density at radius 3 is 2.39 bits per heavy atom. The molecule has 0 saturated carbocycles. The Bertz CT molecular complexity index is 241. The summed E-state index contributed by atoms with van der Waals surface area (Å²) in [6.45, 7) is 3.71. The molecular formula is C12H22O6. The summed E-state index contributed by atoms with van der Waals surface area (Å²) in [6.07, 6.45) is 0.912. The van der Waals surface area contributed by atoms with E-state index in [1.807, 2.05) is 6.92 Å². The van der Waals surface area contributed by atoms with Crippen LogP contribution < -0.4 is 0 Å². The fraction of sp³-hybridized carbons (Fsp3) is 0.833. The Labute approximate surface area is 107 Å². The Hall–Kier alpha value is -1.14. The molecule has 0 aromatic carbocycles. The number of carbonyl (C=O) groups is 2. The van der Waals surface area contributed by atoms with Crippen molar-refractivity contribution in [3.05, 3.63) is 0 Å². The van der Waals surface area contributed by atoms with Crippen LogP contribution in [0.2, 0.25) is 0 Å². The van der Waals surface area contributed by atoms with Crippen molar-refractivity contribution in [2.24, 2.45) is 0 Å². The zero-order valence-electron chi connectivity index (χ0n) is 11.0. The molecule has 0 bridgehead atoms. The third kappa shape index (κ3) is 8.03. The van der Waals surface area contributed by atoms with Crippen LogP contribution in [-0.4, -0.2) is 49.6 Å². The normalized spacial score (nSPS) is 11.9. The van der Waals surface area contributed by atoms with Gasteiger partial charge in [-0.05, 0) is 12.8 Å². The molecule has 0 fully saturated rings. The van der Waals surface area contributed by atoms with Crippen LogP contribution in [0.1, 0.15) is 33.1 Å². The summed E-state index contributed by atoms with van der Waals surface area (Å²) in [5.74, 6) is -0.775. The summed E-state index contributed by atoms with van der Waals surface area (Å²) < 4.78 is 14.9. The predicted molar refractivity (Wildman–Crippen MR) is 63.9 cm³/mol. The smallest absolute Gasteiger partial charge is 0.335 e. The minimum Gasteiger partial charge on any atom is -0.463 e. The molecule has 6 heteroatoms. The maximum Gasteiger partial charge on any atom is 0.335 e. The minimum atomic E-state index is -0.679. The highest BCUT2D eigenvalue weighted by Gasteiger charge is 2.18. The molecule has 0 radical (unpaired) electrons. The van der Waals surface area contributed by atoms with Gasteiger partial charge in [0.25, 0.3) is 0 Å². The number of carbonyl (C=O) groups excluding carboxylic acids is 2. The average Bonchev–Trinajstić information content (AvgIpc) is 2.36. The Morgan fingerprint density at radius 2 is 1.83 bits per heavy atom. The first kappa shape index (κ1) is 16.9. The highest BCUT2D eigenvalue weighted by atomic mass is 16.6. The summed E-state index contributed by atoms with van der Waals surface area (Å²) in [5.41, 5.74) is 0. The minimum absolute atomic E-state index is 0.0375. The van der Waals surface area contributed by atoms with Gasteiger partial charge in [-0.15, -0.1) is 0 Å². The SMILES string of the molecule is CCCC(=O)OCCOC(CC)C(=O)OCCO. The van der Waals surface area contributed by atoms with Crippen molar-refractivity contribution in [3.63, 3.8) is 0 Å². The van der Waals surface area contributed by atoms with Gasteiger partial charge in [-0.1, -0.05) is 13.8 Å². The first-order valence-corrected chi connectivity index (χ1v) is 6.20. The van der Waals surface area contributed by atoms with E-state index < -0.39 is 12.1 Å². The topological polar surface area (TPSA) is 82.1 Å². The van der Waals surface area contributed by atoms with E-state index in [1.165, 1.54) is 0 Å². The van der Waals surface area contributed by atoms with Crippen LogP contribution in [0.4, 0.5) is 0 Å². The van der Waals surface area contributed by atoms with Crippen LogP contribution in [0.5, 0.6) is 0 Å². The lowest BCUT2D eigenvalue weighted by Crippen LogP contribution is -2.28. The zero-order chi connectivity index (χ0) is 13.8. The second kappa shape index (κ2) is 11.0. The van der Waals surface area contributed by atoms with Crippen LogP contribution in [0.25, 0.3) is 0 Å². The quantitative estimate of drug-likeness (QED) is 0.460. The van der Waals surface area contributed by atoms with Crippen molar-refractivity contribution in [2.75, 3.05) is 26.4 Å². The number of hydrogen-bond acceptors (Lipinski definition) is 6. The second-order valence-electron chi connectivity index (χ2n) is 3.63. The van der Waals surface area contributed by atoms with Crippen LogP contribution in [0.15, 0.2) is 0 Å². The van der Waals surface area contributed by atoms with Gasteiger partial charge in [-0.3, -0.25) is 4.79 Å². The van der Waals surface area contributed by atoms with Gasteiger partial charge in [0, 0.05) is 6.42 Å². The van der Waals surface area contributed by atoms with Gasteiger partial charge in [0.2, 0.25) is 0 Å². The molecule has 0 amide bonds. The highest BCUT2D eigenvalue weighted by molar-refractivity contribution is 5.74. The lowest BCUT2D eigenvalue weighted by molar-refractivity contribution is -0.160. The van der Waals surface area contributed by atoms with Crippen molar-refractivity contribution in [1.82, 2.24) is 0 Å².